The maximum absolute atomic E-state index is 13.2. The first-order chi connectivity index (χ1) is 13.0. The second-order valence-corrected chi connectivity index (χ2v) is 8.54. The monoisotopic (exact) mass is 388 g/mol. The van der Waals surface area contributed by atoms with Crippen molar-refractivity contribution < 1.29 is 17.6 Å². The molecule has 3 aliphatic rings. The number of carbonyl (C=O) groups is 1. The van der Waals surface area contributed by atoms with Crippen LogP contribution < -0.4 is 5.32 Å². The molecule has 10 nitrogen and oxygen atoms in total. The third-order valence-corrected chi connectivity index (χ3v) is 7.25. The Morgan fingerprint density at radius 1 is 1.37 bits per heavy atom. The van der Waals surface area contributed by atoms with Gasteiger partial charge in [0.1, 0.15) is 5.76 Å². The summed E-state index contributed by atoms with van der Waals surface area (Å²) in [6.45, 7) is 0.367. The van der Waals surface area contributed by atoms with Crippen LogP contribution in [0.1, 0.15) is 28.6 Å². The van der Waals surface area contributed by atoms with Crippen LogP contribution in [-0.2, 0) is 10.0 Å². The van der Waals surface area contributed by atoms with E-state index in [2.05, 4.69) is 20.4 Å². The van der Waals surface area contributed by atoms with Gasteiger partial charge in [0, 0.05) is 31.7 Å². The molecule has 0 spiro atoms. The van der Waals surface area contributed by atoms with Crippen LogP contribution in [0.2, 0.25) is 0 Å². The summed E-state index contributed by atoms with van der Waals surface area (Å²) in [7, 11) is -2.26. The fourth-order valence-electron chi connectivity index (χ4n) is 4.12. The number of amides is 1. The van der Waals surface area contributed by atoms with E-state index in [1.54, 1.807) is 12.1 Å². The van der Waals surface area contributed by atoms with Gasteiger partial charge >= 0.3 is 0 Å². The Morgan fingerprint density at radius 2 is 2.22 bits per heavy atom. The highest BCUT2D eigenvalue weighted by Gasteiger charge is 2.59. The van der Waals surface area contributed by atoms with Crippen molar-refractivity contribution in [1.82, 2.24) is 29.2 Å². The number of oxazole rings is 1. The number of sulfonamides is 1. The van der Waals surface area contributed by atoms with E-state index < -0.39 is 10.0 Å². The molecule has 2 aliphatic heterocycles. The van der Waals surface area contributed by atoms with E-state index in [-0.39, 0.29) is 34.5 Å². The number of nitrogens with one attached hydrogen (secondary N) is 1. The molecule has 0 radical (unpaired) electrons. The van der Waals surface area contributed by atoms with Gasteiger partial charge in [-0.05, 0) is 24.5 Å². The largest absolute Gasteiger partial charge is 0.447 e. The third-order valence-electron chi connectivity index (χ3n) is 5.41. The maximum Gasteiger partial charge on any atom is 0.273 e. The Kier molecular flexibility index (Phi) is 3.40. The molecule has 0 aromatic carbocycles. The smallest absolute Gasteiger partial charge is 0.273 e. The molecule has 1 amide bonds. The van der Waals surface area contributed by atoms with Crippen molar-refractivity contribution in [3.05, 3.63) is 42.4 Å². The molecule has 1 N–H and O–H groups in total. The number of rotatable bonds is 4. The highest BCUT2D eigenvalue weighted by atomic mass is 32.2. The summed E-state index contributed by atoms with van der Waals surface area (Å²) in [5.74, 6) is 0.0185. The van der Waals surface area contributed by atoms with Crippen LogP contribution in [0.4, 0.5) is 0 Å². The highest BCUT2D eigenvalue weighted by Crippen LogP contribution is 2.54. The van der Waals surface area contributed by atoms with Gasteiger partial charge < -0.3 is 9.73 Å². The van der Waals surface area contributed by atoms with Crippen LogP contribution >= 0.6 is 0 Å². The van der Waals surface area contributed by atoms with E-state index in [1.165, 1.54) is 34.7 Å². The molecule has 5 heterocycles. The van der Waals surface area contributed by atoms with Gasteiger partial charge in [-0.25, -0.2) is 22.9 Å². The van der Waals surface area contributed by atoms with Crippen molar-refractivity contribution in [2.75, 3.05) is 13.6 Å². The van der Waals surface area contributed by atoms with E-state index in [0.717, 1.165) is 6.42 Å². The van der Waals surface area contributed by atoms with Gasteiger partial charge in [-0.2, -0.15) is 9.40 Å². The van der Waals surface area contributed by atoms with Crippen molar-refractivity contribution in [2.45, 2.75) is 23.4 Å². The number of aromatic nitrogens is 4. The minimum Gasteiger partial charge on any atom is -0.447 e. The summed E-state index contributed by atoms with van der Waals surface area (Å²) in [4.78, 5) is 20.1. The second-order valence-electron chi connectivity index (χ2n) is 6.70. The average Bonchev–Trinajstić information content (AvgIpc) is 3.41. The quantitative estimate of drug-likeness (QED) is 0.680. The van der Waals surface area contributed by atoms with E-state index >= 15 is 0 Å². The van der Waals surface area contributed by atoms with Gasteiger partial charge in [-0.15, -0.1) is 0 Å². The lowest BCUT2D eigenvalue weighted by Gasteiger charge is -2.34. The normalized spacial score (nSPS) is 24.9. The summed E-state index contributed by atoms with van der Waals surface area (Å²) in [5, 5.41) is 6.67. The van der Waals surface area contributed by atoms with Crippen LogP contribution in [0.5, 0.6) is 0 Å². The minimum atomic E-state index is -3.78. The van der Waals surface area contributed by atoms with Crippen LogP contribution in [0.3, 0.4) is 0 Å². The predicted molar refractivity (Wildman–Crippen MR) is 91.4 cm³/mol. The maximum atomic E-state index is 13.2. The van der Waals surface area contributed by atoms with E-state index in [1.807, 2.05) is 0 Å². The van der Waals surface area contributed by atoms with Crippen molar-refractivity contribution in [1.29, 1.82) is 0 Å². The lowest BCUT2D eigenvalue weighted by Crippen LogP contribution is -2.40. The zero-order chi connectivity index (χ0) is 18.8. The van der Waals surface area contributed by atoms with Gasteiger partial charge in [-0.1, -0.05) is 0 Å². The first kappa shape index (κ1) is 16.4. The Balaban J connectivity index is 1.50. The van der Waals surface area contributed by atoms with Gasteiger partial charge in [0.25, 0.3) is 15.9 Å². The Hall–Kier alpha value is -2.79. The summed E-state index contributed by atoms with van der Waals surface area (Å²) < 4.78 is 34.7. The Morgan fingerprint density at radius 3 is 3.04 bits per heavy atom. The Labute approximate surface area is 154 Å². The molecule has 3 aromatic heterocycles. The van der Waals surface area contributed by atoms with E-state index in [4.69, 9.17) is 4.42 Å². The SMILES string of the molecule is CNC(=O)c1ncoc1C1C2CC1N(S(=O)(=O)c1cnc3cccnn13)C2. The molecule has 1 saturated carbocycles. The molecule has 140 valence electrons. The van der Waals surface area contributed by atoms with Crippen LogP contribution in [0.25, 0.3) is 5.65 Å². The lowest BCUT2D eigenvalue weighted by atomic mass is 9.72. The van der Waals surface area contributed by atoms with Crippen molar-refractivity contribution >= 4 is 21.6 Å². The molecule has 3 fully saturated rings. The van der Waals surface area contributed by atoms with Crippen LogP contribution in [0.15, 0.2) is 40.4 Å². The minimum absolute atomic E-state index is 0.0356. The van der Waals surface area contributed by atoms with Crippen LogP contribution in [0, 0.1) is 5.92 Å². The molecule has 2 saturated heterocycles. The standard InChI is InChI=1S/C16H16N6O4S/c1-17-16(23)14-15(26-8-19-14)13-9-5-10(13)21(7-9)27(24,25)12-6-18-11-3-2-4-20-22(11)12/h2-4,6,8-10,13H,5,7H2,1H3,(H,17,23). The summed E-state index contributed by atoms with van der Waals surface area (Å²) >= 11 is 0. The number of nitrogens with zero attached hydrogens (tertiary/aromatic N) is 5. The zero-order valence-corrected chi connectivity index (χ0v) is 15.1. The number of fused-ring (bicyclic) bond motifs is 2. The topological polar surface area (TPSA) is 123 Å². The van der Waals surface area contributed by atoms with Crippen molar-refractivity contribution in [3.63, 3.8) is 0 Å². The number of hydrogen-bond donors (Lipinski definition) is 1. The number of hydrogen-bond acceptors (Lipinski definition) is 7. The molecule has 6 rings (SSSR count). The first-order valence-electron chi connectivity index (χ1n) is 8.48. The number of carbonyl (C=O) groups excluding carboxylic acids is 1. The number of imidazole rings is 1. The third kappa shape index (κ3) is 2.18. The Bertz CT molecular complexity index is 1150. The van der Waals surface area contributed by atoms with Gasteiger partial charge in [0.15, 0.2) is 22.8 Å². The van der Waals surface area contributed by atoms with Gasteiger partial charge in [0.2, 0.25) is 0 Å². The van der Waals surface area contributed by atoms with Gasteiger partial charge in [0.05, 0.1) is 6.20 Å². The van der Waals surface area contributed by atoms with E-state index in [9.17, 15) is 13.2 Å². The summed E-state index contributed by atoms with van der Waals surface area (Å²) in [6, 6.07) is 3.12. The molecular weight excluding hydrogens is 372 g/mol. The molecular formula is C16H16N6O4S. The van der Waals surface area contributed by atoms with Crippen molar-refractivity contribution in [2.24, 2.45) is 5.92 Å². The lowest BCUT2D eigenvalue weighted by molar-refractivity contribution is 0.0953. The summed E-state index contributed by atoms with van der Waals surface area (Å²) in [5.41, 5.74) is 0.684. The van der Waals surface area contributed by atoms with Gasteiger partial charge in [-0.3, -0.25) is 4.79 Å². The highest BCUT2D eigenvalue weighted by molar-refractivity contribution is 7.89. The van der Waals surface area contributed by atoms with Crippen molar-refractivity contribution in [3.8, 4) is 0 Å². The molecule has 27 heavy (non-hydrogen) atoms. The molecule has 2 bridgehead atoms. The summed E-state index contributed by atoms with van der Waals surface area (Å²) in [6.07, 6.45) is 4.80. The first-order valence-corrected chi connectivity index (χ1v) is 9.92. The predicted octanol–water partition coefficient (Wildman–Crippen LogP) is 0.253. The fourth-order valence-corrected chi connectivity index (χ4v) is 5.87. The average molecular weight is 388 g/mol. The molecule has 3 atom stereocenters. The fraction of sp³-hybridized carbons (Fsp3) is 0.375. The zero-order valence-electron chi connectivity index (χ0n) is 14.3. The van der Waals surface area contributed by atoms with E-state index in [0.29, 0.717) is 18.0 Å². The second kappa shape index (κ2) is 5.60. The molecule has 1 aliphatic carbocycles. The molecule has 3 unspecified atom stereocenters. The van der Waals surface area contributed by atoms with Crippen LogP contribution in [-0.4, -0.2) is 57.8 Å². The molecule has 3 aromatic rings. The molecule has 11 heteroatoms.